The second-order valence-electron chi connectivity index (χ2n) is 5.99. The van der Waals surface area contributed by atoms with Gasteiger partial charge >= 0.3 is 7.82 Å². The molecule has 10 heteroatoms. The molecule has 9 nitrogen and oxygen atoms in total. The topological polar surface area (TPSA) is 125 Å². The van der Waals surface area contributed by atoms with Crippen molar-refractivity contribution in [1.29, 1.82) is 0 Å². The van der Waals surface area contributed by atoms with Crippen LogP contribution in [0.25, 0.3) is 11.2 Å². The number of benzene rings is 1. The maximum atomic E-state index is 12.8. The molecule has 0 saturated carbocycles. The molecule has 3 aromatic rings. The maximum absolute atomic E-state index is 12.8. The van der Waals surface area contributed by atoms with Crippen molar-refractivity contribution in [2.75, 3.05) is 12.3 Å². The first-order chi connectivity index (χ1) is 12.5. The monoisotopic (exact) mass is 375 g/mol. The molecule has 0 aliphatic carbocycles. The summed E-state index contributed by atoms with van der Waals surface area (Å²) in [5.74, 6) is 0.692. The third-order valence-electron chi connectivity index (χ3n) is 4.03. The molecule has 1 saturated heterocycles. The van der Waals surface area contributed by atoms with Crippen LogP contribution in [-0.2, 0) is 24.7 Å². The highest BCUT2D eigenvalue weighted by Gasteiger charge is 2.36. The number of H-pyrrole nitrogens is 1. The van der Waals surface area contributed by atoms with Crippen LogP contribution in [0.3, 0.4) is 0 Å². The number of hydrogen-bond donors (Lipinski definition) is 2. The molecular weight excluding hydrogens is 357 g/mol. The normalized spacial score (nSPS) is 23.3. The van der Waals surface area contributed by atoms with E-state index in [1.807, 2.05) is 31.2 Å². The summed E-state index contributed by atoms with van der Waals surface area (Å²) in [5, 5.41) is 0. The number of nitrogens with zero attached hydrogens (tertiary/aromatic N) is 3. The zero-order valence-electron chi connectivity index (χ0n) is 14.1. The van der Waals surface area contributed by atoms with Crippen LogP contribution in [-0.4, -0.2) is 26.5 Å². The Morgan fingerprint density at radius 3 is 3.12 bits per heavy atom. The van der Waals surface area contributed by atoms with Crippen molar-refractivity contribution in [2.45, 2.75) is 26.1 Å². The van der Waals surface area contributed by atoms with E-state index in [4.69, 9.17) is 19.3 Å². The average Bonchev–Trinajstić information content (AvgIpc) is 3.05. The van der Waals surface area contributed by atoms with Crippen LogP contribution in [0.5, 0.6) is 0 Å². The lowest BCUT2D eigenvalue weighted by Crippen LogP contribution is -2.15. The molecule has 4 rings (SSSR count). The quantitative estimate of drug-likeness (QED) is 0.667. The van der Waals surface area contributed by atoms with E-state index in [2.05, 4.69) is 19.9 Å². The maximum Gasteiger partial charge on any atom is 0.475 e. The lowest BCUT2D eigenvalue weighted by Gasteiger charge is -2.29. The number of aromatic nitrogens is 4. The fourth-order valence-corrected chi connectivity index (χ4v) is 4.12. The summed E-state index contributed by atoms with van der Waals surface area (Å²) in [6.45, 7) is 2.19. The van der Waals surface area contributed by atoms with Gasteiger partial charge in [0, 0.05) is 6.42 Å². The molecule has 3 heterocycles. The Morgan fingerprint density at radius 2 is 2.31 bits per heavy atom. The van der Waals surface area contributed by atoms with Crippen molar-refractivity contribution in [3.05, 3.63) is 47.5 Å². The smallest absolute Gasteiger partial charge is 0.382 e. The number of aryl methyl sites for hydroxylation is 1. The molecule has 2 aromatic heterocycles. The SMILES string of the molecule is Cc1cccc(C2CCOP(=O)(OCc3nc4ncnc(N)c4[nH]3)O2)c1. The predicted molar refractivity (Wildman–Crippen MR) is 94.1 cm³/mol. The molecule has 2 unspecified atom stereocenters. The summed E-state index contributed by atoms with van der Waals surface area (Å²) in [4.78, 5) is 15.1. The molecule has 136 valence electrons. The summed E-state index contributed by atoms with van der Waals surface area (Å²) >= 11 is 0. The molecule has 2 atom stereocenters. The largest absolute Gasteiger partial charge is 0.475 e. The van der Waals surface area contributed by atoms with Crippen LogP contribution in [0, 0.1) is 6.92 Å². The second-order valence-corrected chi connectivity index (χ2v) is 7.61. The molecule has 0 amide bonds. The summed E-state index contributed by atoms with van der Waals surface area (Å²) in [6.07, 6.45) is 1.59. The summed E-state index contributed by atoms with van der Waals surface area (Å²) < 4.78 is 29.2. The van der Waals surface area contributed by atoms with E-state index in [9.17, 15) is 4.57 Å². The van der Waals surface area contributed by atoms with Crippen molar-refractivity contribution in [1.82, 2.24) is 19.9 Å². The third-order valence-corrected chi connectivity index (χ3v) is 5.48. The number of nitrogens with one attached hydrogen (secondary N) is 1. The van der Waals surface area contributed by atoms with Gasteiger partial charge in [0.15, 0.2) is 11.5 Å². The summed E-state index contributed by atoms with van der Waals surface area (Å²) in [6, 6.07) is 7.87. The van der Waals surface area contributed by atoms with Crippen LogP contribution < -0.4 is 5.73 Å². The highest BCUT2D eigenvalue weighted by molar-refractivity contribution is 7.48. The number of imidazole rings is 1. The highest BCUT2D eigenvalue weighted by atomic mass is 31.2. The van der Waals surface area contributed by atoms with Gasteiger partial charge in [0.05, 0.1) is 12.7 Å². The molecule has 26 heavy (non-hydrogen) atoms. The van der Waals surface area contributed by atoms with Gasteiger partial charge < -0.3 is 10.7 Å². The minimum atomic E-state index is -3.70. The lowest BCUT2D eigenvalue weighted by atomic mass is 10.0. The molecule has 1 fully saturated rings. The zero-order valence-corrected chi connectivity index (χ0v) is 15.0. The van der Waals surface area contributed by atoms with E-state index < -0.39 is 7.82 Å². The molecule has 3 N–H and O–H groups in total. The number of fused-ring (bicyclic) bond motifs is 1. The van der Waals surface area contributed by atoms with E-state index in [1.165, 1.54) is 6.33 Å². The van der Waals surface area contributed by atoms with Crippen LogP contribution in [0.15, 0.2) is 30.6 Å². The van der Waals surface area contributed by atoms with Crippen LogP contribution >= 0.6 is 7.82 Å². The van der Waals surface area contributed by atoms with E-state index >= 15 is 0 Å². The van der Waals surface area contributed by atoms with Gasteiger partial charge in [0.2, 0.25) is 0 Å². The first kappa shape index (κ1) is 17.1. The van der Waals surface area contributed by atoms with Crippen molar-refractivity contribution >= 4 is 24.8 Å². The molecule has 0 bridgehead atoms. The lowest BCUT2D eigenvalue weighted by molar-refractivity contribution is 0.0246. The van der Waals surface area contributed by atoms with Gasteiger partial charge in [-0.3, -0.25) is 13.6 Å². The summed E-state index contributed by atoms with van der Waals surface area (Å²) in [7, 11) is -3.70. The number of phosphoric ester groups is 1. The zero-order chi connectivity index (χ0) is 18.1. The van der Waals surface area contributed by atoms with Crippen molar-refractivity contribution in [3.63, 3.8) is 0 Å². The van der Waals surface area contributed by atoms with Crippen LogP contribution in [0.2, 0.25) is 0 Å². The fourth-order valence-electron chi connectivity index (χ4n) is 2.78. The van der Waals surface area contributed by atoms with Crippen LogP contribution in [0.4, 0.5) is 5.82 Å². The third kappa shape index (κ3) is 3.47. The van der Waals surface area contributed by atoms with Gasteiger partial charge in [-0.05, 0) is 12.5 Å². The number of nitrogens with two attached hydrogens (primary N) is 1. The minimum Gasteiger partial charge on any atom is -0.382 e. The van der Waals surface area contributed by atoms with E-state index in [-0.39, 0.29) is 25.1 Å². The Kier molecular flexibility index (Phi) is 4.46. The van der Waals surface area contributed by atoms with Gasteiger partial charge in [-0.25, -0.2) is 19.5 Å². The van der Waals surface area contributed by atoms with Gasteiger partial charge in [-0.15, -0.1) is 0 Å². The van der Waals surface area contributed by atoms with Crippen molar-refractivity contribution < 1.29 is 18.1 Å². The van der Waals surface area contributed by atoms with E-state index in [1.54, 1.807) is 0 Å². The first-order valence-electron chi connectivity index (χ1n) is 8.11. The Morgan fingerprint density at radius 1 is 1.42 bits per heavy atom. The Bertz CT molecular complexity index is 992. The number of anilines is 1. The molecule has 1 aliphatic heterocycles. The number of rotatable bonds is 4. The molecule has 1 aliphatic rings. The van der Waals surface area contributed by atoms with E-state index in [0.717, 1.165) is 11.1 Å². The Balaban J connectivity index is 1.47. The van der Waals surface area contributed by atoms with E-state index in [0.29, 0.717) is 23.4 Å². The van der Waals surface area contributed by atoms with Crippen molar-refractivity contribution in [3.8, 4) is 0 Å². The van der Waals surface area contributed by atoms with Gasteiger partial charge in [0.25, 0.3) is 0 Å². The Labute approximate surface area is 149 Å². The second kappa shape index (κ2) is 6.77. The molecule has 1 aromatic carbocycles. The van der Waals surface area contributed by atoms with Gasteiger partial charge in [0.1, 0.15) is 24.3 Å². The fraction of sp³-hybridized carbons (Fsp3) is 0.312. The number of aromatic amines is 1. The standard InChI is InChI=1S/C16H18N5O4P/c1-10-3-2-4-11(7-10)12-5-6-23-26(22,25-12)24-8-13-20-14-15(17)18-9-19-16(14)21-13/h2-4,7,9,12H,5-6,8H2,1H3,(H3,17,18,19,20,21). The predicted octanol–water partition coefficient (Wildman–Crippen LogP) is 3.05. The molecule has 0 spiro atoms. The first-order valence-corrected chi connectivity index (χ1v) is 9.58. The number of phosphoric acid groups is 1. The number of nitrogen functional groups attached to an aromatic ring is 1. The Hall–Kier alpha value is -2.32. The minimum absolute atomic E-state index is 0.0897. The van der Waals surface area contributed by atoms with Gasteiger partial charge in [-0.1, -0.05) is 29.8 Å². The number of hydrogen-bond acceptors (Lipinski definition) is 8. The molecule has 0 radical (unpaired) electrons. The van der Waals surface area contributed by atoms with Crippen LogP contribution in [0.1, 0.15) is 29.5 Å². The highest BCUT2D eigenvalue weighted by Crippen LogP contribution is 2.57. The van der Waals surface area contributed by atoms with Gasteiger partial charge in [-0.2, -0.15) is 0 Å². The average molecular weight is 375 g/mol. The molecular formula is C16H18N5O4P. The van der Waals surface area contributed by atoms with Crippen molar-refractivity contribution in [2.24, 2.45) is 0 Å². The summed E-state index contributed by atoms with van der Waals surface area (Å²) in [5.41, 5.74) is 8.74.